The Balaban J connectivity index is 2.46. The predicted octanol–water partition coefficient (Wildman–Crippen LogP) is 1.76. The van der Waals surface area contributed by atoms with E-state index in [0.717, 1.165) is 18.7 Å². The molecule has 0 bridgehead atoms. The van der Waals surface area contributed by atoms with Gasteiger partial charge in [0.1, 0.15) is 0 Å². The molecule has 1 unspecified atom stereocenters. The van der Waals surface area contributed by atoms with Gasteiger partial charge in [0.05, 0.1) is 0 Å². The number of amides is 1. The van der Waals surface area contributed by atoms with E-state index in [-0.39, 0.29) is 5.91 Å². The second-order valence-electron chi connectivity index (χ2n) is 3.76. The molecule has 0 fully saturated rings. The summed E-state index contributed by atoms with van der Waals surface area (Å²) in [6, 6.07) is 7.43. The topological polar surface area (TPSA) is 69.1 Å². The average molecular weight is 238 g/mol. The molecule has 0 saturated heterocycles. The Kier molecular flexibility index (Phi) is 5.35. The third-order valence-electron chi connectivity index (χ3n) is 2.35. The smallest absolute Gasteiger partial charge is 0.248 e. The highest BCUT2D eigenvalue weighted by molar-refractivity contribution is 7.99. The predicted molar refractivity (Wildman–Crippen MR) is 69.4 cm³/mol. The van der Waals surface area contributed by atoms with E-state index in [1.807, 2.05) is 23.9 Å². The summed E-state index contributed by atoms with van der Waals surface area (Å²) < 4.78 is 0. The van der Waals surface area contributed by atoms with Crippen LogP contribution in [0.4, 0.5) is 0 Å². The van der Waals surface area contributed by atoms with Gasteiger partial charge in [-0.15, -0.1) is 0 Å². The van der Waals surface area contributed by atoms with Crippen molar-refractivity contribution < 1.29 is 4.79 Å². The van der Waals surface area contributed by atoms with Gasteiger partial charge in [0.15, 0.2) is 0 Å². The zero-order valence-corrected chi connectivity index (χ0v) is 10.3. The number of thioether (sulfide) groups is 1. The van der Waals surface area contributed by atoms with Crippen LogP contribution in [0.15, 0.2) is 24.3 Å². The molecule has 0 spiro atoms. The van der Waals surface area contributed by atoms with E-state index in [1.54, 1.807) is 12.1 Å². The van der Waals surface area contributed by atoms with Gasteiger partial charge >= 0.3 is 0 Å². The molecule has 1 amide bonds. The number of hydrogen-bond donors (Lipinski definition) is 2. The Bertz CT molecular complexity index is 337. The highest BCUT2D eigenvalue weighted by Gasteiger charge is 2.03. The van der Waals surface area contributed by atoms with Crippen LogP contribution in [0.2, 0.25) is 0 Å². The number of carbonyl (C=O) groups excluding carboxylic acids is 1. The van der Waals surface area contributed by atoms with Gasteiger partial charge in [0.2, 0.25) is 5.91 Å². The maximum absolute atomic E-state index is 10.9. The molecule has 16 heavy (non-hydrogen) atoms. The number of nitrogens with two attached hydrogens (primary N) is 2. The first-order chi connectivity index (χ1) is 7.63. The molecule has 3 nitrogen and oxygen atoms in total. The Morgan fingerprint density at radius 3 is 2.50 bits per heavy atom. The number of primary amides is 1. The zero-order chi connectivity index (χ0) is 12.0. The molecule has 4 N–H and O–H groups in total. The van der Waals surface area contributed by atoms with Crippen LogP contribution in [0.25, 0.3) is 0 Å². The monoisotopic (exact) mass is 238 g/mol. The summed E-state index contributed by atoms with van der Waals surface area (Å²) in [5.41, 5.74) is 12.4. The Hall–Kier alpha value is -1.00. The summed E-state index contributed by atoms with van der Waals surface area (Å²) in [5.74, 6) is 0.566. The number of carbonyl (C=O) groups is 1. The van der Waals surface area contributed by atoms with E-state index >= 15 is 0 Å². The van der Waals surface area contributed by atoms with E-state index in [9.17, 15) is 4.79 Å². The largest absolute Gasteiger partial charge is 0.366 e. The average Bonchev–Trinajstić information content (AvgIpc) is 2.27. The normalized spacial score (nSPS) is 12.4. The fourth-order valence-corrected chi connectivity index (χ4v) is 2.29. The standard InChI is InChI=1S/C12H18N2OS/c1-9(6-7-13)16-8-10-2-4-11(5-3-10)12(14)15/h2-5,9H,6-8,13H2,1H3,(H2,14,15). The lowest BCUT2D eigenvalue weighted by Gasteiger charge is -2.09. The van der Waals surface area contributed by atoms with Crippen molar-refractivity contribution in [3.63, 3.8) is 0 Å². The van der Waals surface area contributed by atoms with E-state index in [2.05, 4.69) is 6.92 Å². The van der Waals surface area contributed by atoms with Crippen molar-refractivity contribution >= 4 is 17.7 Å². The summed E-state index contributed by atoms with van der Waals surface area (Å²) in [7, 11) is 0. The van der Waals surface area contributed by atoms with Gasteiger partial charge in [0.25, 0.3) is 0 Å². The van der Waals surface area contributed by atoms with Crippen LogP contribution in [-0.4, -0.2) is 17.7 Å². The molecule has 1 aromatic rings. The molecule has 1 aromatic carbocycles. The minimum Gasteiger partial charge on any atom is -0.366 e. The minimum atomic E-state index is -0.379. The lowest BCUT2D eigenvalue weighted by Crippen LogP contribution is -2.10. The molecule has 1 rings (SSSR count). The molecule has 0 radical (unpaired) electrons. The van der Waals surface area contributed by atoms with Crippen LogP contribution in [-0.2, 0) is 5.75 Å². The van der Waals surface area contributed by atoms with Crippen molar-refractivity contribution in [1.29, 1.82) is 0 Å². The van der Waals surface area contributed by atoms with E-state index in [4.69, 9.17) is 11.5 Å². The number of hydrogen-bond acceptors (Lipinski definition) is 3. The fourth-order valence-electron chi connectivity index (χ4n) is 1.32. The van der Waals surface area contributed by atoms with Crippen LogP contribution in [0.5, 0.6) is 0 Å². The van der Waals surface area contributed by atoms with Crippen LogP contribution in [0.1, 0.15) is 29.3 Å². The Labute approximate surface area is 101 Å². The maximum Gasteiger partial charge on any atom is 0.248 e. The minimum absolute atomic E-state index is 0.379. The molecule has 0 saturated carbocycles. The highest BCUT2D eigenvalue weighted by Crippen LogP contribution is 2.19. The molecular formula is C12H18N2OS. The molecule has 0 aliphatic carbocycles. The van der Waals surface area contributed by atoms with Gasteiger partial charge in [-0.1, -0.05) is 19.1 Å². The molecule has 0 aliphatic heterocycles. The summed E-state index contributed by atoms with van der Waals surface area (Å²) in [6.45, 7) is 2.91. The maximum atomic E-state index is 10.9. The lowest BCUT2D eigenvalue weighted by molar-refractivity contribution is 0.100. The van der Waals surface area contributed by atoms with Gasteiger partial charge in [0, 0.05) is 16.6 Å². The van der Waals surface area contributed by atoms with Crippen molar-refractivity contribution in [2.24, 2.45) is 11.5 Å². The fraction of sp³-hybridized carbons (Fsp3) is 0.417. The second-order valence-corrected chi connectivity index (χ2v) is 5.19. The first-order valence-corrected chi connectivity index (χ1v) is 6.38. The summed E-state index contributed by atoms with van der Waals surface area (Å²) in [6.07, 6.45) is 1.03. The van der Waals surface area contributed by atoms with Gasteiger partial charge in [-0.2, -0.15) is 11.8 Å². The van der Waals surface area contributed by atoms with Crippen LogP contribution in [0.3, 0.4) is 0 Å². The van der Waals surface area contributed by atoms with E-state index in [1.165, 1.54) is 5.56 Å². The van der Waals surface area contributed by atoms with E-state index < -0.39 is 0 Å². The first kappa shape index (κ1) is 13.1. The quantitative estimate of drug-likeness (QED) is 0.793. The van der Waals surface area contributed by atoms with Crippen molar-refractivity contribution in [2.75, 3.05) is 6.54 Å². The first-order valence-electron chi connectivity index (χ1n) is 5.34. The molecule has 1 atom stereocenters. The number of benzene rings is 1. The van der Waals surface area contributed by atoms with Gasteiger partial charge in [-0.3, -0.25) is 4.79 Å². The summed E-state index contributed by atoms with van der Waals surface area (Å²) in [4.78, 5) is 10.9. The molecule has 0 heterocycles. The van der Waals surface area contributed by atoms with Crippen molar-refractivity contribution in [3.8, 4) is 0 Å². The lowest BCUT2D eigenvalue weighted by atomic mass is 10.1. The van der Waals surface area contributed by atoms with Crippen molar-refractivity contribution in [1.82, 2.24) is 0 Å². The van der Waals surface area contributed by atoms with Crippen LogP contribution in [0, 0.1) is 0 Å². The third kappa shape index (κ3) is 4.24. The summed E-state index contributed by atoms with van der Waals surface area (Å²) >= 11 is 1.87. The zero-order valence-electron chi connectivity index (χ0n) is 9.48. The molecule has 0 aliphatic rings. The second kappa shape index (κ2) is 6.55. The number of rotatable bonds is 6. The van der Waals surface area contributed by atoms with Crippen molar-refractivity contribution in [2.45, 2.75) is 24.3 Å². The van der Waals surface area contributed by atoms with Crippen molar-refractivity contribution in [3.05, 3.63) is 35.4 Å². The van der Waals surface area contributed by atoms with Crippen LogP contribution >= 0.6 is 11.8 Å². The molecule has 4 heteroatoms. The van der Waals surface area contributed by atoms with Gasteiger partial charge in [-0.05, 0) is 30.7 Å². The van der Waals surface area contributed by atoms with Gasteiger partial charge in [-0.25, -0.2) is 0 Å². The van der Waals surface area contributed by atoms with Gasteiger partial charge < -0.3 is 11.5 Å². The Morgan fingerprint density at radius 1 is 1.38 bits per heavy atom. The molecule has 0 aromatic heterocycles. The summed E-state index contributed by atoms with van der Waals surface area (Å²) in [5, 5.41) is 0.570. The molecule has 88 valence electrons. The third-order valence-corrected chi connectivity index (χ3v) is 3.65. The highest BCUT2D eigenvalue weighted by atomic mass is 32.2. The molecular weight excluding hydrogens is 220 g/mol. The van der Waals surface area contributed by atoms with E-state index in [0.29, 0.717) is 10.8 Å². The SMILES string of the molecule is CC(CCN)SCc1ccc(C(N)=O)cc1. The Morgan fingerprint density at radius 2 is 2.00 bits per heavy atom. The van der Waals surface area contributed by atoms with Crippen LogP contribution < -0.4 is 11.5 Å².